The number of nitrogens with one attached hydrogen (secondary N) is 2. The molecule has 6 nitrogen and oxygen atoms in total. The SMILES string of the molecule is O=C1CNCCN1CC(=O)N(Cc1ccsc1)C1CC12CCNCC2. The Hall–Kier alpha value is -1.44. The highest BCUT2D eigenvalue weighted by Crippen LogP contribution is 2.56. The van der Waals surface area contributed by atoms with Gasteiger partial charge in [-0.2, -0.15) is 11.3 Å². The second kappa shape index (κ2) is 7.05. The van der Waals surface area contributed by atoms with Crippen molar-refractivity contribution in [3.8, 4) is 0 Å². The molecule has 3 aliphatic rings. The quantitative estimate of drug-likeness (QED) is 0.807. The number of nitrogens with zero attached hydrogens (tertiary/aromatic N) is 2. The smallest absolute Gasteiger partial charge is 0.242 e. The van der Waals surface area contributed by atoms with Gasteiger partial charge in [-0.15, -0.1) is 0 Å². The Morgan fingerprint density at radius 3 is 2.88 bits per heavy atom. The van der Waals surface area contributed by atoms with Crippen LogP contribution in [0.3, 0.4) is 0 Å². The summed E-state index contributed by atoms with van der Waals surface area (Å²) in [4.78, 5) is 28.9. The summed E-state index contributed by atoms with van der Waals surface area (Å²) in [5.41, 5.74) is 1.51. The van der Waals surface area contributed by atoms with Gasteiger partial charge in [0, 0.05) is 25.7 Å². The van der Waals surface area contributed by atoms with Crippen molar-refractivity contribution in [1.29, 1.82) is 0 Å². The minimum absolute atomic E-state index is 0.0301. The van der Waals surface area contributed by atoms with Crippen LogP contribution in [0.15, 0.2) is 16.8 Å². The third-order valence-corrected chi connectivity index (χ3v) is 6.62. The number of carbonyl (C=O) groups is 2. The van der Waals surface area contributed by atoms with E-state index in [2.05, 4.69) is 32.4 Å². The van der Waals surface area contributed by atoms with Crippen molar-refractivity contribution in [2.75, 3.05) is 39.3 Å². The van der Waals surface area contributed by atoms with Crippen LogP contribution in [0, 0.1) is 5.41 Å². The lowest BCUT2D eigenvalue weighted by Crippen LogP contribution is -2.52. The van der Waals surface area contributed by atoms with Crippen molar-refractivity contribution >= 4 is 23.2 Å². The Kier molecular flexibility index (Phi) is 4.80. The van der Waals surface area contributed by atoms with E-state index in [0.717, 1.165) is 38.9 Å². The summed E-state index contributed by atoms with van der Waals surface area (Å²) in [6.45, 7) is 4.72. The number of hydrogen-bond donors (Lipinski definition) is 2. The molecular formula is C18H26N4O2S. The van der Waals surface area contributed by atoms with Crippen LogP contribution >= 0.6 is 11.3 Å². The van der Waals surface area contributed by atoms with E-state index in [1.54, 1.807) is 16.2 Å². The molecule has 1 aromatic rings. The van der Waals surface area contributed by atoms with Gasteiger partial charge in [-0.05, 0) is 60.2 Å². The first-order valence-corrected chi connectivity index (χ1v) is 10.1. The summed E-state index contributed by atoms with van der Waals surface area (Å²) in [7, 11) is 0. The molecule has 7 heteroatoms. The molecule has 3 fully saturated rings. The average Bonchev–Trinajstić information content (AvgIpc) is 3.06. The van der Waals surface area contributed by atoms with E-state index in [0.29, 0.717) is 31.1 Å². The molecule has 0 bridgehead atoms. The first-order valence-electron chi connectivity index (χ1n) is 9.18. The van der Waals surface area contributed by atoms with Gasteiger partial charge in [-0.25, -0.2) is 0 Å². The Bertz CT molecular complexity index is 627. The van der Waals surface area contributed by atoms with Crippen LogP contribution in [0.4, 0.5) is 0 Å². The van der Waals surface area contributed by atoms with Crippen molar-refractivity contribution in [2.45, 2.75) is 31.8 Å². The molecule has 1 atom stereocenters. The van der Waals surface area contributed by atoms with E-state index in [1.165, 1.54) is 5.56 Å². The Morgan fingerprint density at radius 2 is 2.16 bits per heavy atom. The van der Waals surface area contributed by atoms with Crippen LogP contribution in [0.5, 0.6) is 0 Å². The van der Waals surface area contributed by atoms with E-state index < -0.39 is 0 Å². The second-order valence-electron chi connectivity index (χ2n) is 7.48. The van der Waals surface area contributed by atoms with Crippen LogP contribution < -0.4 is 10.6 Å². The van der Waals surface area contributed by atoms with Crippen LogP contribution in [-0.2, 0) is 16.1 Å². The van der Waals surface area contributed by atoms with E-state index in [9.17, 15) is 9.59 Å². The molecule has 1 spiro atoms. The topological polar surface area (TPSA) is 64.7 Å². The second-order valence-corrected chi connectivity index (χ2v) is 8.26. The van der Waals surface area contributed by atoms with Gasteiger partial charge < -0.3 is 20.4 Å². The molecule has 25 heavy (non-hydrogen) atoms. The zero-order valence-corrected chi connectivity index (χ0v) is 15.3. The van der Waals surface area contributed by atoms with Crippen molar-refractivity contribution in [2.24, 2.45) is 5.41 Å². The Balaban J connectivity index is 1.47. The molecule has 1 saturated carbocycles. The summed E-state index contributed by atoms with van der Waals surface area (Å²) in [6.07, 6.45) is 3.41. The maximum absolute atomic E-state index is 13.1. The number of amides is 2. The highest BCUT2D eigenvalue weighted by Gasteiger charge is 2.57. The molecule has 2 saturated heterocycles. The predicted octanol–water partition coefficient (Wildman–Crippen LogP) is 0.651. The number of piperazine rings is 1. The molecule has 0 radical (unpaired) electrons. The minimum atomic E-state index is 0.0301. The molecule has 2 N–H and O–H groups in total. The normalized spacial score (nSPS) is 25.2. The van der Waals surface area contributed by atoms with Gasteiger partial charge >= 0.3 is 0 Å². The standard InChI is InChI=1S/C18H26N4O2S/c23-16-10-20-6-7-21(16)12-17(24)22(11-14-1-8-25-13-14)15-9-18(15)2-4-19-5-3-18/h1,8,13,15,19-20H,2-7,9-12H2. The van der Waals surface area contributed by atoms with E-state index >= 15 is 0 Å². The molecule has 4 rings (SSSR count). The summed E-state index contributed by atoms with van der Waals surface area (Å²) in [5, 5.41) is 10.7. The lowest BCUT2D eigenvalue weighted by molar-refractivity contribution is -0.142. The zero-order valence-electron chi connectivity index (χ0n) is 14.5. The molecule has 0 aromatic carbocycles. The van der Waals surface area contributed by atoms with Gasteiger partial charge in [-0.3, -0.25) is 9.59 Å². The Morgan fingerprint density at radius 1 is 1.32 bits per heavy atom. The van der Waals surface area contributed by atoms with Gasteiger partial charge in [0.2, 0.25) is 11.8 Å². The number of hydrogen-bond acceptors (Lipinski definition) is 5. The third-order valence-electron chi connectivity index (χ3n) is 5.89. The largest absolute Gasteiger partial charge is 0.333 e. The number of thiophene rings is 1. The van der Waals surface area contributed by atoms with Crippen LogP contribution in [0.25, 0.3) is 0 Å². The van der Waals surface area contributed by atoms with Gasteiger partial charge in [-0.1, -0.05) is 0 Å². The fourth-order valence-corrected chi connectivity index (χ4v) is 4.91. The first-order chi connectivity index (χ1) is 12.2. The van der Waals surface area contributed by atoms with Crippen molar-refractivity contribution in [1.82, 2.24) is 20.4 Å². The lowest BCUT2D eigenvalue weighted by Gasteiger charge is -2.32. The third kappa shape index (κ3) is 3.59. The van der Waals surface area contributed by atoms with Crippen molar-refractivity contribution in [3.63, 3.8) is 0 Å². The molecule has 3 heterocycles. The van der Waals surface area contributed by atoms with Crippen LogP contribution in [0.2, 0.25) is 0 Å². The van der Waals surface area contributed by atoms with Gasteiger partial charge in [0.1, 0.15) is 0 Å². The number of carbonyl (C=O) groups excluding carboxylic acids is 2. The predicted molar refractivity (Wildman–Crippen MR) is 97.3 cm³/mol. The van der Waals surface area contributed by atoms with Crippen LogP contribution in [-0.4, -0.2) is 66.9 Å². The van der Waals surface area contributed by atoms with Crippen molar-refractivity contribution < 1.29 is 9.59 Å². The summed E-state index contributed by atoms with van der Waals surface area (Å²) in [6, 6.07) is 2.43. The fraction of sp³-hybridized carbons (Fsp3) is 0.667. The average molecular weight is 362 g/mol. The number of rotatable bonds is 5. The first kappa shape index (κ1) is 17.0. The molecule has 1 aromatic heterocycles. The molecule has 1 unspecified atom stereocenters. The summed E-state index contributed by atoms with van der Waals surface area (Å²) < 4.78 is 0. The minimum Gasteiger partial charge on any atom is -0.333 e. The van der Waals surface area contributed by atoms with Crippen LogP contribution in [0.1, 0.15) is 24.8 Å². The van der Waals surface area contributed by atoms with Crippen molar-refractivity contribution in [3.05, 3.63) is 22.4 Å². The molecule has 2 aliphatic heterocycles. The molecule has 1 aliphatic carbocycles. The number of piperidine rings is 1. The lowest BCUT2D eigenvalue weighted by atomic mass is 9.93. The van der Waals surface area contributed by atoms with Gasteiger partial charge in [0.15, 0.2) is 0 Å². The van der Waals surface area contributed by atoms with E-state index in [4.69, 9.17) is 0 Å². The monoisotopic (exact) mass is 362 g/mol. The van der Waals surface area contributed by atoms with E-state index in [-0.39, 0.29) is 18.4 Å². The van der Waals surface area contributed by atoms with E-state index in [1.807, 2.05) is 0 Å². The Labute approximate surface area is 152 Å². The summed E-state index contributed by atoms with van der Waals surface area (Å²) >= 11 is 1.67. The van der Waals surface area contributed by atoms with Gasteiger partial charge in [0.05, 0.1) is 13.1 Å². The molecular weight excluding hydrogens is 336 g/mol. The molecule has 2 amide bonds. The highest BCUT2D eigenvalue weighted by molar-refractivity contribution is 7.07. The zero-order chi connectivity index (χ0) is 17.3. The highest BCUT2D eigenvalue weighted by atomic mass is 32.1. The summed E-state index contributed by atoms with van der Waals surface area (Å²) in [5.74, 6) is 0.129. The van der Waals surface area contributed by atoms with Gasteiger partial charge in [0.25, 0.3) is 0 Å². The molecule has 136 valence electrons. The maximum Gasteiger partial charge on any atom is 0.242 e. The fourth-order valence-electron chi connectivity index (χ4n) is 4.25. The maximum atomic E-state index is 13.1.